The number of hydrogen-bond donors (Lipinski definition) is 0. The summed E-state index contributed by atoms with van der Waals surface area (Å²) in [5, 5.41) is 0. The molecular weight excluding hydrogens is 350 g/mol. The lowest BCUT2D eigenvalue weighted by Crippen LogP contribution is -2.38. The molecule has 0 bridgehead atoms. The Bertz CT molecular complexity index is 860. The molecule has 0 fully saturated rings. The van der Waals surface area contributed by atoms with E-state index in [4.69, 9.17) is 4.74 Å². The van der Waals surface area contributed by atoms with Gasteiger partial charge in [-0.2, -0.15) is 0 Å². The Morgan fingerprint density at radius 2 is 1.96 bits per heavy atom. The van der Waals surface area contributed by atoms with Crippen molar-refractivity contribution in [3.05, 3.63) is 47.5 Å². The standard InChI is InChI=1S/C21H24F2N2O2/c1-14-7-5-8-15(13-14)17-10-9-16-18(24-17)25(12-6-11-21(16,22)23)19(26)27-20(2,3)4/h5,7-10,13H,6,11-12H2,1-4H3. The van der Waals surface area contributed by atoms with E-state index in [1.54, 1.807) is 26.8 Å². The van der Waals surface area contributed by atoms with E-state index in [9.17, 15) is 13.6 Å². The van der Waals surface area contributed by atoms with Gasteiger partial charge in [-0.3, -0.25) is 4.90 Å². The molecule has 1 amide bonds. The largest absolute Gasteiger partial charge is 0.443 e. The van der Waals surface area contributed by atoms with Gasteiger partial charge in [-0.15, -0.1) is 0 Å². The highest BCUT2D eigenvalue weighted by Gasteiger charge is 2.40. The Kier molecular flexibility index (Phi) is 4.93. The number of aromatic nitrogens is 1. The van der Waals surface area contributed by atoms with Gasteiger partial charge in [0.2, 0.25) is 0 Å². The second-order valence-electron chi connectivity index (χ2n) is 7.88. The molecule has 0 radical (unpaired) electrons. The Morgan fingerprint density at radius 3 is 2.63 bits per heavy atom. The highest BCUT2D eigenvalue weighted by molar-refractivity contribution is 5.88. The first-order chi connectivity index (χ1) is 12.6. The summed E-state index contributed by atoms with van der Waals surface area (Å²) in [6.45, 7) is 7.33. The molecule has 4 nitrogen and oxygen atoms in total. The van der Waals surface area contributed by atoms with Gasteiger partial charge in [0.05, 0.1) is 11.3 Å². The molecule has 0 aliphatic carbocycles. The van der Waals surface area contributed by atoms with Gasteiger partial charge in [-0.1, -0.05) is 23.8 Å². The van der Waals surface area contributed by atoms with E-state index >= 15 is 0 Å². The van der Waals surface area contributed by atoms with Crippen LogP contribution >= 0.6 is 0 Å². The fourth-order valence-electron chi connectivity index (χ4n) is 3.10. The number of amides is 1. The summed E-state index contributed by atoms with van der Waals surface area (Å²) in [4.78, 5) is 18.4. The summed E-state index contributed by atoms with van der Waals surface area (Å²) in [5.74, 6) is -3.06. The highest BCUT2D eigenvalue weighted by atomic mass is 19.3. The topological polar surface area (TPSA) is 42.4 Å². The zero-order valence-corrected chi connectivity index (χ0v) is 16.1. The minimum Gasteiger partial charge on any atom is -0.443 e. The number of halogens is 2. The van der Waals surface area contributed by atoms with Crippen molar-refractivity contribution in [3.63, 3.8) is 0 Å². The SMILES string of the molecule is Cc1cccc(-c2ccc3c(n2)N(C(=O)OC(C)(C)C)CCCC3(F)F)c1. The number of nitrogens with zero attached hydrogens (tertiary/aromatic N) is 2. The van der Waals surface area contributed by atoms with Gasteiger partial charge >= 0.3 is 6.09 Å². The summed E-state index contributed by atoms with van der Waals surface area (Å²) in [6.07, 6.45) is -0.817. The fraction of sp³-hybridized carbons (Fsp3) is 0.429. The van der Waals surface area contributed by atoms with E-state index in [1.165, 1.54) is 11.0 Å². The van der Waals surface area contributed by atoms with Crippen LogP contribution in [0.5, 0.6) is 0 Å². The zero-order valence-electron chi connectivity index (χ0n) is 16.1. The number of fused-ring (bicyclic) bond motifs is 1. The normalized spacial score (nSPS) is 16.4. The minimum absolute atomic E-state index is 0.0224. The molecule has 2 heterocycles. The van der Waals surface area contributed by atoms with Crippen LogP contribution < -0.4 is 4.90 Å². The summed E-state index contributed by atoms with van der Waals surface area (Å²) < 4.78 is 34.6. The quantitative estimate of drug-likeness (QED) is 0.644. The predicted octanol–water partition coefficient (Wildman–Crippen LogP) is 5.68. The summed E-state index contributed by atoms with van der Waals surface area (Å²) in [5.41, 5.74) is 1.44. The first kappa shape index (κ1) is 19.3. The maximum Gasteiger partial charge on any atom is 0.416 e. The van der Waals surface area contributed by atoms with Crippen LogP contribution in [0.4, 0.5) is 19.4 Å². The lowest BCUT2D eigenvalue weighted by atomic mass is 10.0. The van der Waals surface area contributed by atoms with Crippen molar-refractivity contribution in [3.8, 4) is 11.3 Å². The predicted molar refractivity (Wildman–Crippen MR) is 101 cm³/mol. The van der Waals surface area contributed by atoms with Gasteiger partial charge in [-0.25, -0.2) is 18.6 Å². The Balaban J connectivity index is 2.10. The van der Waals surface area contributed by atoms with Crippen molar-refractivity contribution >= 4 is 11.9 Å². The molecular formula is C21H24F2N2O2. The highest BCUT2D eigenvalue weighted by Crippen LogP contribution is 2.42. The van der Waals surface area contributed by atoms with Crippen molar-refractivity contribution < 1.29 is 18.3 Å². The monoisotopic (exact) mass is 374 g/mol. The van der Waals surface area contributed by atoms with E-state index in [1.807, 2.05) is 31.2 Å². The average Bonchev–Trinajstić information content (AvgIpc) is 2.69. The van der Waals surface area contributed by atoms with Gasteiger partial charge in [0.15, 0.2) is 0 Å². The second kappa shape index (κ2) is 6.91. The Hall–Kier alpha value is -2.50. The van der Waals surface area contributed by atoms with E-state index in [-0.39, 0.29) is 30.8 Å². The van der Waals surface area contributed by atoms with E-state index in [2.05, 4.69) is 4.98 Å². The molecule has 2 aromatic rings. The molecule has 0 atom stereocenters. The number of carbonyl (C=O) groups is 1. The summed E-state index contributed by atoms with van der Waals surface area (Å²) >= 11 is 0. The smallest absolute Gasteiger partial charge is 0.416 e. The number of hydrogen-bond acceptors (Lipinski definition) is 3. The van der Waals surface area contributed by atoms with Crippen LogP contribution in [-0.4, -0.2) is 23.2 Å². The van der Waals surface area contributed by atoms with Crippen molar-refractivity contribution in [2.75, 3.05) is 11.4 Å². The average molecular weight is 374 g/mol. The van der Waals surface area contributed by atoms with Gasteiger partial charge in [0.1, 0.15) is 11.4 Å². The van der Waals surface area contributed by atoms with Crippen LogP contribution in [0.1, 0.15) is 44.7 Å². The molecule has 6 heteroatoms. The van der Waals surface area contributed by atoms with Crippen LogP contribution in [0, 0.1) is 6.92 Å². The molecule has 3 rings (SSSR count). The fourth-order valence-corrected chi connectivity index (χ4v) is 3.10. The van der Waals surface area contributed by atoms with Gasteiger partial charge < -0.3 is 4.74 Å². The van der Waals surface area contributed by atoms with Crippen molar-refractivity contribution in [1.82, 2.24) is 4.98 Å². The van der Waals surface area contributed by atoms with Crippen molar-refractivity contribution in [2.24, 2.45) is 0 Å². The number of anilines is 1. The number of aryl methyl sites for hydroxylation is 1. The van der Waals surface area contributed by atoms with Crippen molar-refractivity contribution in [2.45, 2.75) is 52.1 Å². The number of pyridine rings is 1. The molecule has 1 aromatic heterocycles. The first-order valence-corrected chi connectivity index (χ1v) is 9.04. The molecule has 0 N–H and O–H groups in total. The summed E-state index contributed by atoms with van der Waals surface area (Å²) in [6, 6.07) is 10.6. The maximum atomic E-state index is 14.6. The third kappa shape index (κ3) is 4.26. The number of alkyl halides is 2. The molecule has 1 aromatic carbocycles. The first-order valence-electron chi connectivity index (χ1n) is 9.04. The van der Waals surface area contributed by atoms with Crippen LogP contribution in [0.25, 0.3) is 11.3 Å². The Morgan fingerprint density at radius 1 is 1.22 bits per heavy atom. The Labute approximate surface area is 158 Å². The van der Waals surface area contributed by atoms with Crippen LogP contribution in [0.2, 0.25) is 0 Å². The zero-order chi connectivity index (χ0) is 19.8. The van der Waals surface area contributed by atoms with Gasteiger partial charge in [0.25, 0.3) is 5.92 Å². The third-order valence-corrected chi connectivity index (χ3v) is 4.33. The molecule has 0 spiro atoms. The number of rotatable bonds is 1. The summed E-state index contributed by atoms with van der Waals surface area (Å²) in [7, 11) is 0. The van der Waals surface area contributed by atoms with E-state index in [0.717, 1.165) is 11.1 Å². The molecule has 0 saturated heterocycles. The van der Waals surface area contributed by atoms with Crippen molar-refractivity contribution in [1.29, 1.82) is 0 Å². The third-order valence-electron chi connectivity index (χ3n) is 4.33. The van der Waals surface area contributed by atoms with Crippen LogP contribution in [-0.2, 0) is 10.7 Å². The number of ether oxygens (including phenoxy) is 1. The number of carbonyl (C=O) groups excluding carboxylic acids is 1. The molecule has 1 aliphatic rings. The lowest BCUT2D eigenvalue weighted by Gasteiger charge is -2.27. The molecule has 0 saturated carbocycles. The second-order valence-corrected chi connectivity index (χ2v) is 7.88. The minimum atomic E-state index is -3.04. The molecule has 1 aliphatic heterocycles. The molecule has 144 valence electrons. The van der Waals surface area contributed by atoms with E-state index < -0.39 is 17.6 Å². The molecule has 0 unspecified atom stereocenters. The van der Waals surface area contributed by atoms with Gasteiger partial charge in [-0.05, 0) is 52.3 Å². The van der Waals surface area contributed by atoms with Crippen LogP contribution in [0.15, 0.2) is 36.4 Å². The molecule has 27 heavy (non-hydrogen) atoms. The van der Waals surface area contributed by atoms with E-state index in [0.29, 0.717) is 5.69 Å². The van der Waals surface area contributed by atoms with Gasteiger partial charge in [0, 0.05) is 18.5 Å². The van der Waals surface area contributed by atoms with Crippen LogP contribution in [0.3, 0.4) is 0 Å². The number of benzene rings is 1. The maximum absolute atomic E-state index is 14.6. The lowest BCUT2D eigenvalue weighted by molar-refractivity contribution is -0.0123.